The average molecular weight is 583 g/mol. The maximum absolute atomic E-state index is 12.2. The van der Waals surface area contributed by atoms with Crippen molar-refractivity contribution in [3.8, 4) is 16.9 Å². The van der Waals surface area contributed by atoms with Crippen LogP contribution in [0.25, 0.3) is 11.1 Å². The van der Waals surface area contributed by atoms with Crippen molar-refractivity contribution in [3.63, 3.8) is 0 Å². The number of rotatable bonds is 7. The smallest absolute Gasteiger partial charge is 0.309 e. The fourth-order valence-electron chi connectivity index (χ4n) is 4.76. The highest BCUT2D eigenvalue weighted by Crippen LogP contribution is 2.43. The van der Waals surface area contributed by atoms with Crippen molar-refractivity contribution in [3.05, 3.63) is 88.9 Å². The van der Waals surface area contributed by atoms with Gasteiger partial charge in [0.1, 0.15) is 11.6 Å². The molecule has 0 amide bonds. The predicted molar refractivity (Wildman–Crippen MR) is 157 cm³/mol. The quantitative estimate of drug-likeness (QED) is 0.379. The summed E-state index contributed by atoms with van der Waals surface area (Å²) in [5.41, 5.74) is 9.15. The third-order valence-corrected chi connectivity index (χ3v) is 7.92. The molecule has 0 bridgehead atoms. The van der Waals surface area contributed by atoms with E-state index in [1.54, 1.807) is 19.1 Å². The molecule has 0 saturated carbocycles. The largest absolute Gasteiger partial charge is 0.481 e. The molecule has 9 nitrogen and oxygen atoms in total. The van der Waals surface area contributed by atoms with Gasteiger partial charge in [-0.15, -0.1) is 0 Å². The van der Waals surface area contributed by atoms with Crippen LogP contribution in [0.4, 0.5) is 0 Å². The first kappa shape index (κ1) is 29.1. The first-order valence-electron chi connectivity index (χ1n) is 12.8. The number of nitrogens with zero attached hydrogens (tertiary/aromatic N) is 3. The summed E-state index contributed by atoms with van der Waals surface area (Å²) in [6.07, 6.45) is 1.37. The van der Waals surface area contributed by atoms with Crippen molar-refractivity contribution in [1.29, 1.82) is 0 Å². The van der Waals surface area contributed by atoms with Gasteiger partial charge in [0.15, 0.2) is 11.5 Å². The van der Waals surface area contributed by atoms with Gasteiger partial charge in [0.25, 0.3) is 5.97 Å². The third kappa shape index (κ3) is 6.29. The molecule has 0 aromatic heterocycles. The van der Waals surface area contributed by atoms with Gasteiger partial charge in [-0.3, -0.25) is 14.7 Å². The van der Waals surface area contributed by atoms with Crippen LogP contribution in [0.3, 0.4) is 0 Å². The molecular formula is C29H31ClN4O5S. The highest BCUT2D eigenvalue weighted by Gasteiger charge is 2.49. The molecule has 2 aliphatic rings. The van der Waals surface area contributed by atoms with Gasteiger partial charge in [0.2, 0.25) is 0 Å². The molecule has 0 saturated heterocycles. The Morgan fingerprint density at radius 3 is 2.38 bits per heavy atom. The molecule has 210 valence electrons. The Morgan fingerprint density at radius 2 is 1.73 bits per heavy atom. The highest BCUT2D eigenvalue weighted by atomic mass is 35.5. The normalized spacial score (nSPS) is 18.1. The molecule has 11 heteroatoms. The Labute approximate surface area is 239 Å². The lowest BCUT2D eigenvalue weighted by Crippen LogP contribution is -2.46. The van der Waals surface area contributed by atoms with Gasteiger partial charge in [-0.25, -0.2) is 4.99 Å². The van der Waals surface area contributed by atoms with E-state index in [0.29, 0.717) is 23.9 Å². The molecule has 1 atom stereocenters. The fraction of sp³-hybridized carbons (Fsp3) is 0.276. The van der Waals surface area contributed by atoms with Gasteiger partial charge in [-0.2, -0.15) is 8.42 Å². The van der Waals surface area contributed by atoms with Crippen molar-refractivity contribution >= 4 is 39.5 Å². The van der Waals surface area contributed by atoms with Crippen LogP contribution in [0, 0.1) is 0 Å². The van der Waals surface area contributed by atoms with Crippen molar-refractivity contribution in [1.82, 2.24) is 4.90 Å². The van der Waals surface area contributed by atoms with E-state index < -0.39 is 21.6 Å². The van der Waals surface area contributed by atoms with Crippen LogP contribution < -0.4 is 9.92 Å². The van der Waals surface area contributed by atoms with Gasteiger partial charge >= 0.3 is 10.1 Å². The van der Waals surface area contributed by atoms with Crippen LogP contribution in [0.2, 0.25) is 5.02 Å². The Bertz CT molecular complexity index is 1550. The van der Waals surface area contributed by atoms with E-state index in [4.69, 9.17) is 41.4 Å². The minimum absolute atomic E-state index is 0.0401. The fourth-order valence-corrected chi connectivity index (χ4v) is 5.93. The van der Waals surface area contributed by atoms with Crippen molar-refractivity contribution in [2.45, 2.75) is 32.2 Å². The third-order valence-electron chi connectivity index (χ3n) is 6.33. The molecule has 2 heterocycles. The van der Waals surface area contributed by atoms with E-state index in [1.807, 2.05) is 59.5 Å². The van der Waals surface area contributed by atoms with Crippen LogP contribution in [0.15, 0.2) is 82.8 Å². The summed E-state index contributed by atoms with van der Waals surface area (Å²) >= 11 is 6.26. The number of hydrogen-bond acceptors (Lipinski definition) is 8. The Balaban J connectivity index is 0.000000867. The van der Waals surface area contributed by atoms with E-state index in [2.05, 4.69) is 6.07 Å². The number of aliphatic carboxylic acids is 1. The second-order valence-electron chi connectivity index (χ2n) is 9.37. The van der Waals surface area contributed by atoms with Crippen LogP contribution >= 0.6 is 11.6 Å². The molecule has 3 aromatic carbocycles. The molecule has 40 heavy (non-hydrogen) atoms. The average Bonchev–Trinajstić information content (AvgIpc) is 3.22. The standard InChI is InChI=1S/C27H27ClN4O3S.C2H4O2/c1-2-16-36(33,34)35-24-12-10-21(11-13-24)27(25-30-14-5-15-32(25)26(29)31-27)22-8-3-6-19(17-22)20-7-4-9-23(28)18-20;1-2(3)4/h3-4,6-13,17-18H,2,5,14-16H2,1H3,(H2,29,31);1H3,(H,3,4). The Hall–Kier alpha value is -3.89. The van der Waals surface area contributed by atoms with Crippen LogP contribution in [-0.4, -0.2) is 55.0 Å². The van der Waals surface area contributed by atoms with E-state index in [-0.39, 0.29) is 11.5 Å². The monoisotopic (exact) mass is 582 g/mol. The number of guanidine groups is 1. The minimum atomic E-state index is -3.64. The van der Waals surface area contributed by atoms with E-state index in [0.717, 1.165) is 48.0 Å². The topological polar surface area (TPSA) is 135 Å². The number of nitrogens with two attached hydrogens (primary N) is 1. The van der Waals surface area contributed by atoms with E-state index >= 15 is 0 Å². The lowest BCUT2D eigenvalue weighted by molar-refractivity contribution is -0.134. The Morgan fingerprint density at radius 1 is 1.07 bits per heavy atom. The van der Waals surface area contributed by atoms with Gasteiger partial charge in [0.05, 0.1) is 5.75 Å². The molecule has 0 fully saturated rings. The summed E-state index contributed by atoms with van der Waals surface area (Å²) in [5, 5.41) is 8.08. The number of carboxylic acid groups (broad SMARTS) is 1. The second-order valence-corrected chi connectivity index (χ2v) is 11.5. The number of halogens is 1. The molecule has 0 spiro atoms. The predicted octanol–water partition coefficient (Wildman–Crippen LogP) is 4.89. The summed E-state index contributed by atoms with van der Waals surface area (Å²) in [5.74, 6) is 0.559. The first-order valence-corrected chi connectivity index (χ1v) is 14.8. The number of aliphatic imine (C=N–C) groups is 2. The highest BCUT2D eigenvalue weighted by molar-refractivity contribution is 7.87. The molecule has 3 N–H and O–H groups in total. The van der Waals surface area contributed by atoms with Crippen molar-refractivity contribution < 1.29 is 22.5 Å². The zero-order chi connectivity index (χ0) is 28.9. The maximum atomic E-state index is 12.2. The number of fused-ring (bicyclic) bond motifs is 1. The van der Waals surface area contributed by atoms with Gasteiger partial charge in [-0.1, -0.05) is 61.0 Å². The summed E-state index contributed by atoms with van der Waals surface area (Å²) in [7, 11) is -3.64. The van der Waals surface area contributed by atoms with Crippen LogP contribution in [0.1, 0.15) is 37.8 Å². The van der Waals surface area contributed by atoms with Gasteiger partial charge < -0.3 is 15.0 Å². The molecule has 0 radical (unpaired) electrons. The number of benzene rings is 3. The van der Waals surface area contributed by atoms with Crippen LogP contribution in [0.5, 0.6) is 5.75 Å². The molecule has 2 aliphatic heterocycles. The number of hydrogen-bond donors (Lipinski definition) is 2. The molecular weight excluding hydrogens is 552 g/mol. The van der Waals surface area contributed by atoms with Gasteiger partial charge in [0, 0.05) is 25.0 Å². The summed E-state index contributed by atoms with van der Waals surface area (Å²) in [6.45, 7) is 4.30. The van der Waals surface area contributed by atoms with E-state index in [1.165, 1.54) is 0 Å². The second kappa shape index (κ2) is 12.1. The van der Waals surface area contributed by atoms with Crippen LogP contribution in [-0.2, 0) is 20.5 Å². The van der Waals surface area contributed by atoms with Gasteiger partial charge in [-0.05, 0) is 65.4 Å². The molecule has 0 aliphatic carbocycles. The number of carboxylic acids is 1. The number of carbonyl (C=O) groups is 1. The SMILES string of the molecule is CC(=O)O.CCCS(=O)(=O)Oc1ccc(C2(c3cccc(-c4cccc(Cl)c4)c3)N=C(N)N3CCCN=C32)cc1. The lowest BCUT2D eigenvalue weighted by atomic mass is 9.81. The number of amidine groups is 1. The summed E-state index contributed by atoms with van der Waals surface area (Å²) in [6, 6.07) is 22.8. The van der Waals surface area contributed by atoms with Crippen molar-refractivity contribution in [2.75, 3.05) is 18.8 Å². The summed E-state index contributed by atoms with van der Waals surface area (Å²) < 4.78 is 29.6. The van der Waals surface area contributed by atoms with E-state index in [9.17, 15) is 8.42 Å². The first-order chi connectivity index (χ1) is 19.1. The maximum Gasteiger partial charge on any atom is 0.309 e. The lowest BCUT2D eigenvalue weighted by Gasteiger charge is -2.33. The zero-order valence-electron chi connectivity index (χ0n) is 22.2. The molecule has 3 aromatic rings. The minimum Gasteiger partial charge on any atom is -0.481 e. The zero-order valence-corrected chi connectivity index (χ0v) is 23.8. The molecule has 5 rings (SSSR count). The molecule has 1 unspecified atom stereocenters. The Kier molecular flexibility index (Phi) is 8.80. The van der Waals surface area contributed by atoms with Crippen molar-refractivity contribution in [2.24, 2.45) is 15.7 Å². The summed E-state index contributed by atoms with van der Waals surface area (Å²) in [4.78, 5) is 20.8.